The summed E-state index contributed by atoms with van der Waals surface area (Å²) < 4.78 is 9.88. The van der Waals surface area contributed by atoms with Crippen LogP contribution in [0.3, 0.4) is 0 Å². The molecule has 0 spiro atoms. The molecule has 0 amide bonds. The lowest BCUT2D eigenvalue weighted by molar-refractivity contribution is -0.0537. The fraction of sp³-hybridized carbons (Fsp3) is 0.556. The first kappa shape index (κ1) is 11.2. The molecule has 0 bridgehead atoms. The SMILES string of the molecule is C#CC[C@H](/C=C/CO)OCOC. The first-order chi connectivity index (χ1) is 5.85. The molecule has 1 N–H and O–H groups in total. The predicted molar refractivity (Wildman–Crippen MR) is 46.4 cm³/mol. The largest absolute Gasteiger partial charge is 0.392 e. The highest BCUT2D eigenvalue weighted by molar-refractivity contribution is 4.97. The molecule has 0 radical (unpaired) electrons. The highest BCUT2D eigenvalue weighted by Gasteiger charge is 2.00. The molecule has 12 heavy (non-hydrogen) atoms. The number of aliphatic hydroxyl groups is 1. The Labute approximate surface area is 73.0 Å². The number of methoxy groups -OCH3 is 1. The quantitative estimate of drug-likeness (QED) is 0.359. The maximum absolute atomic E-state index is 8.48. The molecule has 0 aliphatic carbocycles. The molecule has 1 atom stereocenters. The highest BCUT2D eigenvalue weighted by atomic mass is 16.7. The van der Waals surface area contributed by atoms with Gasteiger partial charge in [0.1, 0.15) is 6.79 Å². The summed E-state index contributed by atoms with van der Waals surface area (Å²) in [6, 6.07) is 0. The molecule has 0 aromatic rings. The highest BCUT2D eigenvalue weighted by Crippen LogP contribution is 1.99. The molecule has 0 aliphatic heterocycles. The van der Waals surface area contributed by atoms with Crippen molar-refractivity contribution in [3.63, 3.8) is 0 Å². The Bertz CT molecular complexity index is 158. The van der Waals surface area contributed by atoms with Gasteiger partial charge in [0.2, 0.25) is 0 Å². The van der Waals surface area contributed by atoms with Gasteiger partial charge in [-0.1, -0.05) is 12.2 Å². The van der Waals surface area contributed by atoms with Gasteiger partial charge < -0.3 is 14.6 Å². The van der Waals surface area contributed by atoms with E-state index in [4.69, 9.17) is 21.0 Å². The molecule has 0 heterocycles. The second-order valence-electron chi connectivity index (χ2n) is 2.13. The summed E-state index contributed by atoms with van der Waals surface area (Å²) in [6.07, 6.45) is 8.74. The van der Waals surface area contributed by atoms with Crippen molar-refractivity contribution in [2.75, 3.05) is 20.5 Å². The Balaban J connectivity index is 3.71. The van der Waals surface area contributed by atoms with Crippen LogP contribution in [0.1, 0.15) is 6.42 Å². The smallest absolute Gasteiger partial charge is 0.147 e. The van der Waals surface area contributed by atoms with Crippen LogP contribution < -0.4 is 0 Å². The van der Waals surface area contributed by atoms with Crippen LogP contribution in [0.2, 0.25) is 0 Å². The number of ether oxygens (including phenoxy) is 2. The van der Waals surface area contributed by atoms with Crippen molar-refractivity contribution < 1.29 is 14.6 Å². The van der Waals surface area contributed by atoms with Gasteiger partial charge >= 0.3 is 0 Å². The van der Waals surface area contributed by atoms with E-state index in [1.54, 1.807) is 19.3 Å². The van der Waals surface area contributed by atoms with Crippen LogP contribution in [0.4, 0.5) is 0 Å². The maximum atomic E-state index is 8.48. The van der Waals surface area contributed by atoms with Crippen molar-refractivity contribution in [3.8, 4) is 12.3 Å². The minimum atomic E-state index is -0.165. The summed E-state index contributed by atoms with van der Waals surface area (Å²) in [6.45, 7) is 0.208. The van der Waals surface area contributed by atoms with Gasteiger partial charge in [-0.25, -0.2) is 0 Å². The fourth-order valence-electron chi connectivity index (χ4n) is 0.667. The van der Waals surface area contributed by atoms with Gasteiger partial charge in [0.15, 0.2) is 0 Å². The minimum absolute atomic E-state index is 0.00257. The average Bonchev–Trinajstić information content (AvgIpc) is 2.10. The van der Waals surface area contributed by atoms with Crippen LogP contribution in [0.15, 0.2) is 12.2 Å². The van der Waals surface area contributed by atoms with E-state index in [-0.39, 0.29) is 19.5 Å². The van der Waals surface area contributed by atoms with Crippen molar-refractivity contribution in [1.82, 2.24) is 0 Å². The van der Waals surface area contributed by atoms with Crippen molar-refractivity contribution in [2.45, 2.75) is 12.5 Å². The molecule has 3 nitrogen and oxygen atoms in total. The topological polar surface area (TPSA) is 38.7 Å². The number of rotatable bonds is 6. The number of aliphatic hydroxyl groups excluding tert-OH is 1. The third kappa shape index (κ3) is 5.93. The Kier molecular flexibility index (Phi) is 7.71. The Morgan fingerprint density at radius 3 is 2.92 bits per heavy atom. The molecule has 0 saturated carbocycles. The fourth-order valence-corrected chi connectivity index (χ4v) is 0.667. The van der Waals surface area contributed by atoms with E-state index in [2.05, 4.69) is 5.92 Å². The van der Waals surface area contributed by atoms with Crippen molar-refractivity contribution in [3.05, 3.63) is 12.2 Å². The number of hydrogen-bond acceptors (Lipinski definition) is 3. The van der Waals surface area contributed by atoms with Gasteiger partial charge in [0.05, 0.1) is 12.7 Å². The summed E-state index contributed by atoms with van der Waals surface area (Å²) in [5.41, 5.74) is 0. The van der Waals surface area contributed by atoms with E-state index < -0.39 is 0 Å². The van der Waals surface area contributed by atoms with E-state index in [1.165, 1.54) is 0 Å². The van der Waals surface area contributed by atoms with Crippen molar-refractivity contribution >= 4 is 0 Å². The molecular formula is C9H14O3. The third-order valence-corrected chi connectivity index (χ3v) is 1.18. The second kappa shape index (κ2) is 8.28. The van der Waals surface area contributed by atoms with Crippen LogP contribution >= 0.6 is 0 Å². The molecule has 0 aromatic carbocycles. The van der Waals surface area contributed by atoms with Gasteiger partial charge in [-0.3, -0.25) is 0 Å². The molecule has 0 rings (SSSR count). The zero-order valence-electron chi connectivity index (χ0n) is 7.19. The summed E-state index contributed by atoms with van der Waals surface area (Å²) in [5, 5.41) is 8.48. The van der Waals surface area contributed by atoms with Crippen molar-refractivity contribution in [1.29, 1.82) is 0 Å². The van der Waals surface area contributed by atoms with Crippen LogP contribution in [-0.4, -0.2) is 31.7 Å². The lowest BCUT2D eigenvalue weighted by atomic mass is 10.2. The molecular weight excluding hydrogens is 156 g/mol. The lowest BCUT2D eigenvalue weighted by Crippen LogP contribution is -2.11. The molecule has 68 valence electrons. The molecule has 0 aliphatic rings. The Morgan fingerprint density at radius 1 is 1.67 bits per heavy atom. The summed E-state index contributed by atoms with van der Waals surface area (Å²) in [4.78, 5) is 0. The van der Waals surface area contributed by atoms with Crippen molar-refractivity contribution in [2.24, 2.45) is 0 Å². The molecule has 0 fully saturated rings. The lowest BCUT2D eigenvalue weighted by Gasteiger charge is -2.09. The minimum Gasteiger partial charge on any atom is -0.392 e. The van der Waals surface area contributed by atoms with Crippen LogP contribution in [0.25, 0.3) is 0 Å². The first-order valence-corrected chi connectivity index (χ1v) is 3.66. The van der Waals surface area contributed by atoms with Crippen LogP contribution in [0, 0.1) is 12.3 Å². The molecule has 0 saturated heterocycles. The number of hydrogen-bond donors (Lipinski definition) is 1. The Hall–Kier alpha value is -0.820. The summed E-state index contributed by atoms with van der Waals surface area (Å²) in [7, 11) is 1.54. The van der Waals surface area contributed by atoms with E-state index >= 15 is 0 Å². The molecule has 3 heteroatoms. The predicted octanol–water partition coefficient (Wildman–Crippen LogP) is 0.547. The van der Waals surface area contributed by atoms with E-state index in [0.717, 1.165) is 0 Å². The first-order valence-electron chi connectivity index (χ1n) is 3.66. The summed E-state index contributed by atoms with van der Waals surface area (Å²) in [5.74, 6) is 2.47. The van der Waals surface area contributed by atoms with Gasteiger partial charge in [-0.2, -0.15) is 0 Å². The van der Waals surface area contributed by atoms with E-state index in [0.29, 0.717) is 6.42 Å². The van der Waals surface area contributed by atoms with E-state index in [1.807, 2.05) is 0 Å². The number of terminal acetylenes is 1. The molecule has 0 unspecified atom stereocenters. The standard InChI is InChI=1S/C9H14O3/c1-3-5-9(6-4-7-10)12-8-11-2/h1,4,6,9-10H,5,7-8H2,2H3/b6-4+/t9-/m1/s1. The maximum Gasteiger partial charge on any atom is 0.147 e. The Morgan fingerprint density at radius 2 is 2.42 bits per heavy atom. The monoisotopic (exact) mass is 170 g/mol. The van der Waals surface area contributed by atoms with Gasteiger partial charge in [-0.05, 0) is 0 Å². The van der Waals surface area contributed by atoms with Crippen LogP contribution in [0.5, 0.6) is 0 Å². The summed E-state index contributed by atoms with van der Waals surface area (Å²) >= 11 is 0. The molecule has 0 aromatic heterocycles. The van der Waals surface area contributed by atoms with E-state index in [9.17, 15) is 0 Å². The van der Waals surface area contributed by atoms with Gasteiger partial charge in [-0.15, -0.1) is 12.3 Å². The zero-order chi connectivity index (χ0) is 9.23. The van der Waals surface area contributed by atoms with Crippen LogP contribution in [-0.2, 0) is 9.47 Å². The average molecular weight is 170 g/mol. The normalized spacial score (nSPS) is 13.1. The van der Waals surface area contributed by atoms with Gasteiger partial charge in [0.25, 0.3) is 0 Å². The van der Waals surface area contributed by atoms with Gasteiger partial charge in [0, 0.05) is 13.5 Å². The zero-order valence-corrected chi connectivity index (χ0v) is 7.19. The third-order valence-electron chi connectivity index (χ3n) is 1.18. The second-order valence-corrected chi connectivity index (χ2v) is 2.13.